The average molecular weight is 553 g/mol. The lowest BCUT2D eigenvalue weighted by Crippen LogP contribution is -2.57. The summed E-state index contributed by atoms with van der Waals surface area (Å²) in [4.78, 5) is 45.4. The quantitative estimate of drug-likeness (QED) is 0.188. The van der Waals surface area contributed by atoms with Crippen LogP contribution in [-0.2, 0) is 23.9 Å². The number of amides is 2. The van der Waals surface area contributed by atoms with Crippen LogP contribution in [0.2, 0.25) is 0 Å². The predicted octanol–water partition coefficient (Wildman–Crippen LogP) is 4.20. The third kappa shape index (κ3) is 5.61. The summed E-state index contributed by atoms with van der Waals surface area (Å²) in [6, 6.07) is 7.54. The summed E-state index contributed by atoms with van der Waals surface area (Å²) in [7, 11) is 0. The van der Waals surface area contributed by atoms with Crippen molar-refractivity contribution in [2.45, 2.75) is 82.1 Å². The fraction of sp³-hybridized carbons (Fsp3) is 0.594. The molecule has 1 aromatic carbocycles. The maximum absolute atomic E-state index is 14.4. The number of ether oxygens (including phenoxy) is 2. The lowest BCUT2D eigenvalue weighted by molar-refractivity contribution is -0.156. The maximum atomic E-state index is 14.4. The molecule has 0 radical (unpaired) electrons. The number of esters is 1. The summed E-state index contributed by atoms with van der Waals surface area (Å²) >= 11 is 0. The number of rotatable bonds is 16. The van der Waals surface area contributed by atoms with E-state index in [4.69, 9.17) is 9.47 Å². The van der Waals surface area contributed by atoms with Gasteiger partial charge in [-0.15, -0.1) is 13.2 Å². The number of benzene rings is 1. The van der Waals surface area contributed by atoms with Crippen LogP contribution in [0.5, 0.6) is 0 Å². The summed E-state index contributed by atoms with van der Waals surface area (Å²) in [6.45, 7) is 10.5. The first-order valence-electron chi connectivity index (χ1n) is 14.8. The standard InChI is InChI=1S/C32H44N2O6/c1-4-7-9-14-21-39-31(38)26-25-17-18-32(40-25)27(26)29(36)34(24(22-35)23-15-11-10-12-16-23)28(32)30(37)33(19-6-3)20-13-8-5-2/h4,6,10-12,15-16,24-28,35H,1,3,5,7-9,13-14,17-22H2,2H3/t24-,25-,26+,27+,28?,32?/m1/s1. The second kappa shape index (κ2) is 13.6. The first kappa shape index (κ1) is 30.0. The maximum Gasteiger partial charge on any atom is 0.312 e. The Morgan fingerprint density at radius 1 is 1.20 bits per heavy atom. The minimum atomic E-state index is -1.14. The van der Waals surface area contributed by atoms with E-state index in [1.165, 1.54) is 4.90 Å². The molecule has 2 unspecified atom stereocenters. The van der Waals surface area contributed by atoms with Gasteiger partial charge in [-0.1, -0.05) is 62.2 Å². The number of aliphatic hydroxyl groups is 1. The molecule has 2 bridgehead atoms. The Hall–Kier alpha value is -2.97. The first-order valence-corrected chi connectivity index (χ1v) is 14.8. The first-order chi connectivity index (χ1) is 19.4. The molecule has 0 aromatic heterocycles. The molecular weight excluding hydrogens is 508 g/mol. The van der Waals surface area contributed by atoms with Gasteiger partial charge in [-0.3, -0.25) is 14.4 Å². The van der Waals surface area contributed by atoms with Gasteiger partial charge in [0.1, 0.15) is 11.6 Å². The van der Waals surface area contributed by atoms with E-state index < -0.39 is 41.6 Å². The Morgan fingerprint density at radius 3 is 2.65 bits per heavy atom. The molecule has 8 heteroatoms. The Bertz CT molecular complexity index is 1060. The van der Waals surface area contributed by atoms with Gasteiger partial charge in [0, 0.05) is 13.1 Å². The number of carbonyl (C=O) groups is 3. The number of nitrogens with zero attached hydrogens (tertiary/aromatic N) is 2. The highest BCUT2D eigenvalue weighted by atomic mass is 16.6. The van der Waals surface area contributed by atoms with Crippen molar-refractivity contribution in [3.8, 4) is 0 Å². The molecule has 3 aliphatic rings. The molecule has 1 N–H and O–H groups in total. The van der Waals surface area contributed by atoms with Crippen LogP contribution in [0.4, 0.5) is 0 Å². The minimum absolute atomic E-state index is 0.222. The Labute approximate surface area is 238 Å². The minimum Gasteiger partial charge on any atom is -0.465 e. The smallest absolute Gasteiger partial charge is 0.312 e. The normalized spacial score (nSPS) is 27.4. The van der Waals surface area contributed by atoms with E-state index in [9.17, 15) is 19.5 Å². The third-order valence-corrected chi connectivity index (χ3v) is 8.68. The zero-order chi connectivity index (χ0) is 28.7. The van der Waals surface area contributed by atoms with Gasteiger partial charge in [0.15, 0.2) is 0 Å². The number of likely N-dealkylation sites (tertiary alicyclic amines) is 1. The van der Waals surface area contributed by atoms with Crippen molar-refractivity contribution < 1.29 is 29.0 Å². The summed E-state index contributed by atoms with van der Waals surface area (Å²) < 4.78 is 12.2. The SMILES string of the molecule is C=CCCCCOC(=O)[C@@H]1[C@H]2C(=O)N([C@H](CO)c3ccccc3)C(C(=O)N(CC=C)CCCCC)C23CC[C@H]1O3. The van der Waals surface area contributed by atoms with Crippen molar-refractivity contribution in [2.24, 2.45) is 11.8 Å². The second-order valence-electron chi connectivity index (χ2n) is 11.1. The van der Waals surface area contributed by atoms with E-state index in [1.54, 1.807) is 11.0 Å². The molecule has 4 rings (SSSR count). The van der Waals surface area contributed by atoms with Gasteiger partial charge < -0.3 is 24.4 Å². The molecule has 2 amide bonds. The van der Waals surface area contributed by atoms with Gasteiger partial charge in [-0.2, -0.15) is 0 Å². The lowest BCUT2D eigenvalue weighted by Gasteiger charge is -2.39. The highest BCUT2D eigenvalue weighted by molar-refractivity contribution is 5.98. The molecule has 218 valence electrons. The van der Waals surface area contributed by atoms with Crippen LogP contribution in [0.25, 0.3) is 0 Å². The third-order valence-electron chi connectivity index (χ3n) is 8.68. The summed E-state index contributed by atoms with van der Waals surface area (Å²) in [5.74, 6) is -2.60. The second-order valence-corrected chi connectivity index (χ2v) is 11.1. The van der Waals surface area contributed by atoms with E-state index >= 15 is 0 Å². The predicted molar refractivity (Wildman–Crippen MR) is 152 cm³/mol. The number of allylic oxidation sites excluding steroid dienone is 1. The molecule has 0 aliphatic carbocycles. The van der Waals surface area contributed by atoms with Crippen molar-refractivity contribution >= 4 is 17.8 Å². The molecule has 40 heavy (non-hydrogen) atoms. The van der Waals surface area contributed by atoms with E-state index in [0.717, 1.165) is 37.7 Å². The average Bonchev–Trinajstić information content (AvgIpc) is 3.61. The number of unbranched alkanes of at least 4 members (excludes halogenated alkanes) is 4. The molecule has 0 saturated carbocycles. The topological polar surface area (TPSA) is 96.4 Å². The van der Waals surface area contributed by atoms with Gasteiger partial charge in [-0.25, -0.2) is 0 Å². The molecule has 3 saturated heterocycles. The Balaban J connectivity index is 1.70. The van der Waals surface area contributed by atoms with E-state index in [2.05, 4.69) is 20.1 Å². The van der Waals surface area contributed by atoms with Crippen molar-refractivity contribution in [3.05, 3.63) is 61.2 Å². The summed E-state index contributed by atoms with van der Waals surface area (Å²) in [5.41, 5.74) is -0.415. The van der Waals surface area contributed by atoms with Gasteiger partial charge in [0.2, 0.25) is 11.8 Å². The zero-order valence-corrected chi connectivity index (χ0v) is 23.7. The number of aliphatic hydroxyl groups excluding tert-OH is 1. The highest BCUT2D eigenvalue weighted by Gasteiger charge is 2.75. The molecule has 3 heterocycles. The molecular formula is C32H44N2O6. The van der Waals surface area contributed by atoms with Crippen LogP contribution in [0.1, 0.15) is 69.9 Å². The number of hydrogen-bond donors (Lipinski definition) is 1. The number of fused-ring (bicyclic) bond motifs is 1. The summed E-state index contributed by atoms with van der Waals surface area (Å²) in [5, 5.41) is 10.6. The van der Waals surface area contributed by atoms with Crippen molar-refractivity contribution in [1.82, 2.24) is 9.80 Å². The fourth-order valence-electron chi connectivity index (χ4n) is 6.84. The van der Waals surface area contributed by atoms with Crippen molar-refractivity contribution in [2.75, 3.05) is 26.3 Å². The van der Waals surface area contributed by atoms with E-state index in [1.807, 2.05) is 36.4 Å². The monoisotopic (exact) mass is 552 g/mol. The van der Waals surface area contributed by atoms with Gasteiger partial charge in [-0.05, 0) is 44.1 Å². The molecule has 1 aromatic rings. The highest BCUT2D eigenvalue weighted by Crippen LogP contribution is 2.60. The van der Waals surface area contributed by atoms with E-state index in [-0.39, 0.29) is 25.0 Å². The Kier molecular flexibility index (Phi) is 10.2. The molecule has 1 spiro atoms. The summed E-state index contributed by atoms with van der Waals surface area (Å²) in [6.07, 6.45) is 9.37. The van der Waals surface area contributed by atoms with Crippen molar-refractivity contribution in [3.63, 3.8) is 0 Å². The Morgan fingerprint density at radius 2 is 1.98 bits per heavy atom. The van der Waals surface area contributed by atoms with Crippen molar-refractivity contribution in [1.29, 1.82) is 0 Å². The van der Waals surface area contributed by atoms with Crippen LogP contribution in [0, 0.1) is 11.8 Å². The largest absolute Gasteiger partial charge is 0.465 e. The van der Waals surface area contributed by atoms with Gasteiger partial charge in [0.25, 0.3) is 0 Å². The number of hydrogen-bond acceptors (Lipinski definition) is 6. The zero-order valence-electron chi connectivity index (χ0n) is 23.7. The molecule has 3 fully saturated rings. The van der Waals surface area contributed by atoms with Crippen LogP contribution < -0.4 is 0 Å². The molecule has 8 nitrogen and oxygen atoms in total. The van der Waals surface area contributed by atoms with Crippen LogP contribution >= 0.6 is 0 Å². The number of carbonyl (C=O) groups excluding carboxylic acids is 3. The molecule has 6 atom stereocenters. The van der Waals surface area contributed by atoms with Crippen LogP contribution in [0.15, 0.2) is 55.6 Å². The molecule has 3 aliphatic heterocycles. The fourth-order valence-corrected chi connectivity index (χ4v) is 6.84. The van der Waals surface area contributed by atoms with E-state index in [0.29, 0.717) is 32.4 Å². The van der Waals surface area contributed by atoms with Gasteiger partial charge >= 0.3 is 5.97 Å². The van der Waals surface area contributed by atoms with Crippen LogP contribution in [-0.4, -0.2) is 76.7 Å². The van der Waals surface area contributed by atoms with Crippen LogP contribution in [0.3, 0.4) is 0 Å². The lowest BCUT2D eigenvalue weighted by atomic mass is 9.70. The van der Waals surface area contributed by atoms with Gasteiger partial charge in [0.05, 0.1) is 37.2 Å².